The molecule has 0 amide bonds. The molecule has 2 heterocycles. The Hall–Kier alpha value is -1.37. The van der Waals surface area contributed by atoms with Crippen LogP contribution in [0, 0.1) is 0 Å². The van der Waals surface area contributed by atoms with Crippen LogP contribution in [0.3, 0.4) is 0 Å². The molecular weight excluding hydrogens is 291 g/mol. The highest BCUT2D eigenvalue weighted by atomic mass is 32.1. The van der Waals surface area contributed by atoms with Gasteiger partial charge in [0.1, 0.15) is 10.2 Å². The van der Waals surface area contributed by atoms with Gasteiger partial charge in [-0.15, -0.1) is 11.3 Å². The van der Waals surface area contributed by atoms with E-state index in [9.17, 15) is 18.0 Å². The molecule has 3 nitrogen and oxygen atoms in total. The monoisotopic (exact) mass is 303 g/mol. The number of nitrogens with zero attached hydrogens (tertiary/aromatic N) is 1. The van der Waals surface area contributed by atoms with Crippen molar-refractivity contribution in [2.75, 3.05) is 0 Å². The van der Waals surface area contributed by atoms with Crippen LogP contribution in [-0.4, -0.2) is 4.98 Å². The van der Waals surface area contributed by atoms with Crippen LogP contribution in [0.4, 0.5) is 13.2 Å². The summed E-state index contributed by atoms with van der Waals surface area (Å²) in [6.07, 6.45) is 0.923. The summed E-state index contributed by atoms with van der Waals surface area (Å²) in [7, 11) is 0. The number of aromatic nitrogens is 1. The van der Waals surface area contributed by atoms with Crippen molar-refractivity contribution in [2.24, 2.45) is 0 Å². The van der Waals surface area contributed by atoms with Gasteiger partial charge >= 0.3 is 17.7 Å². The van der Waals surface area contributed by atoms with Crippen LogP contribution in [-0.2, 0) is 19.0 Å². The molecule has 20 heavy (non-hydrogen) atoms. The lowest BCUT2D eigenvalue weighted by Gasteiger charge is -2.08. The van der Waals surface area contributed by atoms with E-state index in [0.717, 1.165) is 42.5 Å². The van der Waals surface area contributed by atoms with Crippen molar-refractivity contribution in [1.82, 2.24) is 4.98 Å². The smallest absolute Gasteiger partial charge is 0.398 e. The summed E-state index contributed by atoms with van der Waals surface area (Å²) in [4.78, 5) is 16.5. The van der Waals surface area contributed by atoms with Gasteiger partial charge in [-0.1, -0.05) is 12.8 Å². The summed E-state index contributed by atoms with van der Waals surface area (Å²) in [6.45, 7) is 0. The molecule has 0 saturated heterocycles. The van der Waals surface area contributed by atoms with Crippen molar-refractivity contribution in [2.45, 2.75) is 44.7 Å². The molecule has 0 fully saturated rings. The Bertz CT molecular complexity index is 702. The van der Waals surface area contributed by atoms with E-state index in [2.05, 4.69) is 9.40 Å². The molecule has 0 bridgehead atoms. The highest BCUT2D eigenvalue weighted by Gasteiger charge is 2.37. The third-order valence-corrected chi connectivity index (χ3v) is 4.68. The van der Waals surface area contributed by atoms with Gasteiger partial charge in [0.05, 0.1) is 0 Å². The van der Waals surface area contributed by atoms with Crippen LogP contribution >= 0.6 is 11.3 Å². The second-order valence-electron chi connectivity index (χ2n) is 4.90. The zero-order valence-electron chi connectivity index (χ0n) is 10.5. The highest BCUT2D eigenvalue weighted by Crippen LogP contribution is 2.35. The molecule has 0 aliphatic heterocycles. The predicted molar refractivity (Wildman–Crippen MR) is 69.0 cm³/mol. The van der Waals surface area contributed by atoms with Crippen molar-refractivity contribution in [1.29, 1.82) is 0 Å². The Morgan fingerprint density at radius 3 is 2.50 bits per heavy atom. The molecule has 2 aromatic heterocycles. The fraction of sp³-hybridized carbons (Fsp3) is 0.538. The van der Waals surface area contributed by atoms with E-state index in [1.807, 2.05) is 0 Å². The normalized spacial score (nSPS) is 16.8. The Balaban J connectivity index is 2.22. The van der Waals surface area contributed by atoms with Crippen LogP contribution in [0.25, 0.3) is 10.2 Å². The average Bonchev–Trinajstić information content (AvgIpc) is 2.65. The largest absolute Gasteiger partial charge is 0.469 e. The van der Waals surface area contributed by atoms with Gasteiger partial charge in [-0.05, 0) is 31.2 Å². The van der Waals surface area contributed by atoms with E-state index in [0.29, 0.717) is 6.42 Å². The molecule has 1 aliphatic carbocycles. The molecule has 7 heteroatoms. The first-order chi connectivity index (χ1) is 9.47. The third-order valence-electron chi connectivity index (χ3n) is 3.49. The zero-order chi connectivity index (χ0) is 14.3. The van der Waals surface area contributed by atoms with Crippen LogP contribution in [0.2, 0.25) is 0 Å². The maximum atomic E-state index is 12.6. The molecule has 0 unspecified atom stereocenters. The Morgan fingerprint density at radius 2 is 1.80 bits per heavy atom. The van der Waals surface area contributed by atoms with E-state index in [-0.39, 0.29) is 10.2 Å². The van der Waals surface area contributed by atoms with Crippen molar-refractivity contribution >= 4 is 21.6 Å². The van der Waals surface area contributed by atoms with Gasteiger partial charge in [0.15, 0.2) is 0 Å². The number of halogens is 3. The van der Waals surface area contributed by atoms with E-state index in [1.165, 1.54) is 11.3 Å². The second kappa shape index (κ2) is 4.87. The molecule has 0 atom stereocenters. The minimum Gasteiger partial charge on any atom is -0.398 e. The minimum absolute atomic E-state index is 0.153. The SMILES string of the molecule is O=c1oc(C(F)(F)F)nc2sc3c(c12)CCCCCC3. The Labute approximate surface area is 116 Å². The third kappa shape index (κ3) is 2.34. The van der Waals surface area contributed by atoms with Gasteiger partial charge in [-0.25, -0.2) is 4.79 Å². The standard InChI is InChI=1S/C13H12F3NO2S/c14-13(15,16)12-17-10-9(11(18)19-12)7-5-3-1-2-4-6-8(7)20-10/h1-6H2. The number of hydrogen-bond donors (Lipinski definition) is 0. The molecule has 0 saturated carbocycles. The van der Waals surface area contributed by atoms with Crippen LogP contribution in [0.1, 0.15) is 42.0 Å². The summed E-state index contributed by atoms with van der Waals surface area (Å²) in [5, 5.41) is 0.250. The number of rotatable bonds is 0. The van der Waals surface area contributed by atoms with Crippen molar-refractivity contribution < 1.29 is 17.6 Å². The van der Waals surface area contributed by atoms with Crippen LogP contribution < -0.4 is 5.63 Å². The van der Waals surface area contributed by atoms with E-state index < -0.39 is 17.7 Å². The number of fused-ring (bicyclic) bond motifs is 3. The molecule has 108 valence electrons. The number of alkyl halides is 3. The summed E-state index contributed by atoms with van der Waals surface area (Å²) >= 11 is 1.20. The van der Waals surface area contributed by atoms with Crippen molar-refractivity contribution in [3.63, 3.8) is 0 Å². The number of aryl methyl sites for hydroxylation is 2. The molecule has 0 aromatic carbocycles. The number of hydrogen-bond acceptors (Lipinski definition) is 4. The fourth-order valence-corrected chi connectivity index (χ4v) is 3.81. The maximum absolute atomic E-state index is 12.6. The lowest BCUT2D eigenvalue weighted by atomic mass is 9.98. The molecule has 3 rings (SSSR count). The predicted octanol–water partition coefficient (Wildman–Crippen LogP) is 3.93. The van der Waals surface area contributed by atoms with E-state index in [4.69, 9.17) is 0 Å². The van der Waals surface area contributed by atoms with E-state index in [1.54, 1.807) is 0 Å². The topological polar surface area (TPSA) is 43.1 Å². The second-order valence-corrected chi connectivity index (χ2v) is 5.99. The van der Waals surface area contributed by atoms with Crippen molar-refractivity contribution in [3.8, 4) is 0 Å². The van der Waals surface area contributed by atoms with Gasteiger partial charge in [0.25, 0.3) is 0 Å². The minimum atomic E-state index is -4.73. The first-order valence-corrected chi connectivity index (χ1v) is 7.31. The molecule has 0 radical (unpaired) electrons. The lowest BCUT2D eigenvalue weighted by molar-refractivity contribution is -0.158. The zero-order valence-corrected chi connectivity index (χ0v) is 11.4. The molecular formula is C13H12F3NO2S. The summed E-state index contributed by atoms with van der Waals surface area (Å²) in [5.41, 5.74) is -0.0694. The highest BCUT2D eigenvalue weighted by molar-refractivity contribution is 7.18. The van der Waals surface area contributed by atoms with Crippen LogP contribution in [0.15, 0.2) is 9.21 Å². The van der Waals surface area contributed by atoms with Gasteiger partial charge in [-0.3, -0.25) is 0 Å². The first kappa shape index (κ1) is 13.6. The summed E-state index contributed by atoms with van der Waals surface area (Å²) in [5.74, 6) is -1.45. The van der Waals surface area contributed by atoms with E-state index >= 15 is 0 Å². The number of thiophene rings is 1. The van der Waals surface area contributed by atoms with Gasteiger partial charge in [-0.2, -0.15) is 18.2 Å². The summed E-state index contributed by atoms with van der Waals surface area (Å²) in [6, 6.07) is 0. The first-order valence-electron chi connectivity index (χ1n) is 6.49. The maximum Gasteiger partial charge on any atom is 0.469 e. The summed E-state index contributed by atoms with van der Waals surface area (Å²) < 4.78 is 42.2. The molecule has 2 aromatic rings. The van der Waals surface area contributed by atoms with Crippen LogP contribution in [0.5, 0.6) is 0 Å². The molecule has 0 spiro atoms. The van der Waals surface area contributed by atoms with Gasteiger partial charge < -0.3 is 4.42 Å². The van der Waals surface area contributed by atoms with Gasteiger partial charge in [0, 0.05) is 4.88 Å². The Kier molecular flexibility index (Phi) is 3.32. The molecule has 1 aliphatic rings. The average molecular weight is 303 g/mol. The quantitative estimate of drug-likeness (QED) is 0.740. The van der Waals surface area contributed by atoms with Crippen molar-refractivity contribution in [3.05, 3.63) is 26.8 Å². The van der Waals surface area contributed by atoms with Gasteiger partial charge in [0.2, 0.25) is 0 Å². The Morgan fingerprint density at radius 1 is 1.10 bits per heavy atom. The fourth-order valence-electron chi connectivity index (χ4n) is 2.57. The lowest BCUT2D eigenvalue weighted by Crippen LogP contribution is -2.13. The molecule has 0 N–H and O–H groups in total.